The van der Waals surface area contributed by atoms with Gasteiger partial charge in [-0.25, -0.2) is 0 Å². The van der Waals surface area contributed by atoms with Gasteiger partial charge in [0.2, 0.25) is 0 Å². The van der Waals surface area contributed by atoms with Crippen molar-refractivity contribution in [3.63, 3.8) is 0 Å². The number of aliphatic imine (C=N–C) groups is 1. The molecule has 0 amide bonds. The molecule has 0 bridgehead atoms. The first-order valence-corrected chi connectivity index (χ1v) is 9.36. The van der Waals surface area contributed by atoms with Gasteiger partial charge in [0.15, 0.2) is 5.96 Å². The van der Waals surface area contributed by atoms with Gasteiger partial charge in [0.05, 0.1) is 12.5 Å². The van der Waals surface area contributed by atoms with E-state index in [-0.39, 0.29) is 41.3 Å². The lowest BCUT2D eigenvalue weighted by Crippen LogP contribution is -2.49. The number of guanidine groups is 1. The van der Waals surface area contributed by atoms with Crippen LogP contribution in [0, 0.1) is 5.92 Å². The summed E-state index contributed by atoms with van der Waals surface area (Å²) in [5, 5.41) is 3.56. The van der Waals surface area contributed by atoms with E-state index in [0.717, 1.165) is 31.9 Å². The van der Waals surface area contributed by atoms with Gasteiger partial charge in [-0.2, -0.15) is 0 Å². The molecule has 0 aromatic heterocycles. The molecule has 1 aromatic carbocycles. The third kappa shape index (κ3) is 4.90. The standard InChI is InChI=1S/C20H29N3O2.HI/c1-3-25-18(24)16-8-7-13-23(14-16)19(21-2)22-15-20(11-12-20)17-9-5-4-6-10-17;/h4-6,9-10,16H,3,7-8,11-15H2,1-2H3,(H,21,22);1H. The van der Waals surface area contributed by atoms with Crippen LogP contribution in [0.3, 0.4) is 0 Å². The molecule has 5 nitrogen and oxygen atoms in total. The average Bonchev–Trinajstić information content (AvgIpc) is 3.45. The Morgan fingerprint density at radius 2 is 2.08 bits per heavy atom. The fraction of sp³-hybridized carbons (Fsp3) is 0.600. The number of piperidine rings is 1. The van der Waals surface area contributed by atoms with Crippen LogP contribution in [0.4, 0.5) is 0 Å². The predicted molar refractivity (Wildman–Crippen MR) is 115 cm³/mol. The second kappa shape index (κ2) is 9.58. The Morgan fingerprint density at radius 3 is 2.69 bits per heavy atom. The number of likely N-dealkylation sites (tertiary alicyclic amines) is 1. The summed E-state index contributed by atoms with van der Waals surface area (Å²) in [6.45, 7) is 4.83. The van der Waals surface area contributed by atoms with Gasteiger partial charge in [-0.05, 0) is 38.2 Å². The summed E-state index contributed by atoms with van der Waals surface area (Å²) >= 11 is 0. The summed E-state index contributed by atoms with van der Waals surface area (Å²) < 4.78 is 5.20. The lowest BCUT2D eigenvalue weighted by atomic mass is 9.96. The van der Waals surface area contributed by atoms with Crippen LogP contribution < -0.4 is 5.32 Å². The fourth-order valence-electron chi connectivity index (χ4n) is 3.71. The minimum atomic E-state index is -0.0781. The zero-order valence-corrected chi connectivity index (χ0v) is 18.1. The predicted octanol–water partition coefficient (Wildman–Crippen LogP) is 3.19. The second-order valence-electron chi connectivity index (χ2n) is 7.08. The lowest BCUT2D eigenvalue weighted by molar-refractivity contribution is -0.149. The van der Waals surface area contributed by atoms with E-state index in [1.807, 2.05) is 14.0 Å². The van der Waals surface area contributed by atoms with Gasteiger partial charge in [0.25, 0.3) is 0 Å². The molecule has 0 radical (unpaired) electrons. The quantitative estimate of drug-likeness (QED) is 0.310. The number of hydrogen-bond donors (Lipinski definition) is 1. The smallest absolute Gasteiger partial charge is 0.310 e. The Bertz CT molecular complexity index is 617. The van der Waals surface area contributed by atoms with Crippen molar-refractivity contribution in [1.82, 2.24) is 10.2 Å². The minimum absolute atomic E-state index is 0. The SMILES string of the molecule is CCOC(=O)C1CCCN(C(=NC)NCC2(c3ccccc3)CC2)C1.I. The molecule has 1 N–H and O–H groups in total. The molecule has 144 valence electrons. The molecular formula is C20H30IN3O2. The Morgan fingerprint density at radius 1 is 1.35 bits per heavy atom. The van der Waals surface area contributed by atoms with Crippen molar-refractivity contribution < 1.29 is 9.53 Å². The molecule has 1 saturated carbocycles. The monoisotopic (exact) mass is 471 g/mol. The Hall–Kier alpha value is -1.31. The van der Waals surface area contributed by atoms with Gasteiger partial charge in [-0.1, -0.05) is 30.3 Å². The molecular weight excluding hydrogens is 441 g/mol. The van der Waals surface area contributed by atoms with Crippen LogP contribution >= 0.6 is 24.0 Å². The van der Waals surface area contributed by atoms with Crippen molar-refractivity contribution in [2.24, 2.45) is 10.9 Å². The van der Waals surface area contributed by atoms with E-state index >= 15 is 0 Å². The van der Waals surface area contributed by atoms with Gasteiger partial charge >= 0.3 is 5.97 Å². The van der Waals surface area contributed by atoms with Crippen LogP contribution in [0.2, 0.25) is 0 Å². The first kappa shape index (κ1) is 21.0. The lowest BCUT2D eigenvalue weighted by Gasteiger charge is -2.34. The molecule has 6 heteroatoms. The number of carbonyl (C=O) groups excluding carboxylic acids is 1. The Balaban J connectivity index is 0.00000243. The molecule has 0 spiro atoms. The van der Waals surface area contributed by atoms with E-state index in [9.17, 15) is 4.79 Å². The van der Waals surface area contributed by atoms with E-state index in [0.29, 0.717) is 13.2 Å². The van der Waals surface area contributed by atoms with Crippen LogP contribution in [0.15, 0.2) is 35.3 Å². The molecule has 2 fully saturated rings. The van der Waals surface area contributed by atoms with Gasteiger partial charge in [-0.3, -0.25) is 9.79 Å². The van der Waals surface area contributed by atoms with Gasteiger partial charge in [-0.15, -0.1) is 24.0 Å². The number of rotatable bonds is 5. The molecule has 1 atom stereocenters. The average molecular weight is 471 g/mol. The van der Waals surface area contributed by atoms with E-state index in [4.69, 9.17) is 4.74 Å². The van der Waals surface area contributed by atoms with Crippen molar-refractivity contribution in [3.05, 3.63) is 35.9 Å². The molecule has 1 aliphatic carbocycles. The molecule has 1 saturated heterocycles. The first-order valence-electron chi connectivity index (χ1n) is 9.36. The van der Waals surface area contributed by atoms with Gasteiger partial charge in [0.1, 0.15) is 0 Å². The zero-order chi connectivity index (χ0) is 17.7. The van der Waals surface area contributed by atoms with Crippen molar-refractivity contribution in [1.29, 1.82) is 0 Å². The number of ether oxygens (including phenoxy) is 1. The summed E-state index contributed by atoms with van der Waals surface area (Å²) in [5.74, 6) is 0.776. The highest BCUT2D eigenvalue weighted by Gasteiger charge is 2.44. The Kier molecular flexibility index (Phi) is 7.73. The van der Waals surface area contributed by atoms with Crippen LogP contribution in [0.1, 0.15) is 38.2 Å². The van der Waals surface area contributed by atoms with Crippen LogP contribution in [0.5, 0.6) is 0 Å². The number of nitrogens with one attached hydrogen (secondary N) is 1. The number of benzene rings is 1. The highest BCUT2D eigenvalue weighted by Crippen LogP contribution is 2.47. The second-order valence-corrected chi connectivity index (χ2v) is 7.08. The minimum Gasteiger partial charge on any atom is -0.466 e. The van der Waals surface area contributed by atoms with E-state index in [1.54, 1.807) is 0 Å². The van der Waals surface area contributed by atoms with Crippen molar-refractivity contribution in [2.45, 2.75) is 38.0 Å². The normalized spacial score (nSPS) is 21.5. The number of hydrogen-bond acceptors (Lipinski definition) is 3. The summed E-state index contributed by atoms with van der Waals surface area (Å²) in [5.41, 5.74) is 1.65. The highest BCUT2D eigenvalue weighted by atomic mass is 127. The molecule has 1 unspecified atom stereocenters. The summed E-state index contributed by atoms with van der Waals surface area (Å²) in [6.07, 6.45) is 4.33. The first-order chi connectivity index (χ1) is 12.2. The van der Waals surface area contributed by atoms with Crippen LogP contribution in [0.25, 0.3) is 0 Å². The van der Waals surface area contributed by atoms with E-state index in [1.165, 1.54) is 18.4 Å². The van der Waals surface area contributed by atoms with E-state index < -0.39 is 0 Å². The van der Waals surface area contributed by atoms with Crippen molar-refractivity contribution >= 4 is 35.9 Å². The summed E-state index contributed by atoms with van der Waals surface area (Å²) in [7, 11) is 1.82. The van der Waals surface area contributed by atoms with Crippen LogP contribution in [-0.4, -0.2) is 50.1 Å². The van der Waals surface area contributed by atoms with Crippen molar-refractivity contribution in [3.8, 4) is 0 Å². The molecule has 26 heavy (non-hydrogen) atoms. The molecule has 3 rings (SSSR count). The third-order valence-corrected chi connectivity index (χ3v) is 5.38. The zero-order valence-electron chi connectivity index (χ0n) is 15.7. The molecule has 1 aliphatic heterocycles. The largest absolute Gasteiger partial charge is 0.466 e. The topological polar surface area (TPSA) is 53.9 Å². The van der Waals surface area contributed by atoms with Crippen LogP contribution in [-0.2, 0) is 14.9 Å². The maximum atomic E-state index is 12.1. The number of halogens is 1. The number of esters is 1. The third-order valence-electron chi connectivity index (χ3n) is 5.38. The van der Waals surface area contributed by atoms with Crippen molar-refractivity contribution in [2.75, 3.05) is 33.3 Å². The molecule has 1 heterocycles. The molecule has 1 aromatic rings. The Labute approximate surface area is 173 Å². The van der Waals surface area contributed by atoms with E-state index in [2.05, 4.69) is 45.5 Å². The highest BCUT2D eigenvalue weighted by molar-refractivity contribution is 14.0. The summed E-state index contributed by atoms with van der Waals surface area (Å²) in [6, 6.07) is 10.7. The maximum absolute atomic E-state index is 12.1. The summed E-state index contributed by atoms with van der Waals surface area (Å²) in [4.78, 5) is 18.7. The van der Waals surface area contributed by atoms with Gasteiger partial charge < -0.3 is 15.0 Å². The molecule has 2 aliphatic rings. The van der Waals surface area contributed by atoms with Gasteiger partial charge in [0, 0.05) is 32.1 Å². The number of nitrogens with zero attached hydrogens (tertiary/aromatic N) is 2. The number of carbonyl (C=O) groups is 1. The maximum Gasteiger partial charge on any atom is 0.310 e. The fourth-order valence-corrected chi connectivity index (χ4v) is 3.71.